The summed E-state index contributed by atoms with van der Waals surface area (Å²) < 4.78 is 9.88. The molecule has 0 saturated carbocycles. The first-order chi connectivity index (χ1) is 7.69. The number of carbonyl (C=O) groups is 1. The van der Waals surface area contributed by atoms with Crippen LogP contribution in [-0.2, 0) is 4.74 Å². The number of phenolic OH excluding ortho intramolecular Hbond substituents is 1. The number of rotatable bonds is 5. The number of esters is 1. The van der Waals surface area contributed by atoms with Gasteiger partial charge in [0.15, 0.2) is 11.5 Å². The van der Waals surface area contributed by atoms with E-state index in [1.54, 1.807) is 12.1 Å². The van der Waals surface area contributed by atoms with Crippen molar-refractivity contribution in [2.45, 2.75) is 19.8 Å². The molecule has 0 atom stereocenters. The summed E-state index contributed by atoms with van der Waals surface area (Å²) in [4.78, 5) is 11.2. The number of hydrogen-bond acceptors (Lipinski definition) is 4. The van der Waals surface area contributed by atoms with Crippen molar-refractivity contribution in [3.63, 3.8) is 0 Å². The smallest absolute Gasteiger partial charge is 0.337 e. The monoisotopic (exact) mass is 224 g/mol. The number of phenols is 1. The highest BCUT2D eigenvalue weighted by molar-refractivity contribution is 5.90. The molecule has 16 heavy (non-hydrogen) atoms. The van der Waals surface area contributed by atoms with Crippen LogP contribution in [-0.4, -0.2) is 24.8 Å². The summed E-state index contributed by atoms with van der Waals surface area (Å²) in [5.74, 6) is -0.129. The van der Waals surface area contributed by atoms with E-state index in [4.69, 9.17) is 4.74 Å². The van der Waals surface area contributed by atoms with Gasteiger partial charge in [-0.25, -0.2) is 4.79 Å². The molecule has 0 heterocycles. The lowest BCUT2D eigenvalue weighted by Gasteiger charge is -2.08. The second-order valence-corrected chi connectivity index (χ2v) is 3.38. The number of ether oxygens (including phenoxy) is 2. The topological polar surface area (TPSA) is 55.8 Å². The van der Waals surface area contributed by atoms with Crippen LogP contribution in [0, 0.1) is 0 Å². The normalized spacial score (nSPS) is 9.88. The highest BCUT2D eigenvalue weighted by Crippen LogP contribution is 2.27. The minimum Gasteiger partial charge on any atom is -0.504 e. The lowest BCUT2D eigenvalue weighted by Crippen LogP contribution is -2.02. The Kier molecular flexibility index (Phi) is 4.64. The molecule has 1 N–H and O–H groups in total. The maximum atomic E-state index is 11.2. The third-order valence-corrected chi connectivity index (χ3v) is 2.14. The zero-order chi connectivity index (χ0) is 12.0. The largest absolute Gasteiger partial charge is 0.504 e. The average molecular weight is 224 g/mol. The molecule has 0 spiro atoms. The standard InChI is InChI=1S/C12H16O4/c1-3-4-7-16-11-6-5-9(8-10(11)13)12(14)15-2/h5-6,8,13H,3-4,7H2,1-2H3. The van der Waals surface area contributed by atoms with Gasteiger partial charge in [-0.1, -0.05) is 13.3 Å². The van der Waals surface area contributed by atoms with Crippen LogP contribution in [0.3, 0.4) is 0 Å². The number of aromatic hydroxyl groups is 1. The Morgan fingerprint density at radius 1 is 1.44 bits per heavy atom. The van der Waals surface area contributed by atoms with Crippen LogP contribution in [0.15, 0.2) is 18.2 Å². The first kappa shape index (κ1) is 12.4. The van der Waals surface area contributed by atoms with Gasteiger partial charge >= 0.3 is 5.97 Å². The fraction of sp³-hybridized carbons (Fsp3) is 0.417. The van der Waals surface area contributed by atoms with Crippen LogP contribution in [0.4, 0.5) is 0 Å². The van der Waals surface area contributed by atoms with Gasteiger partial charge in [-0.2, -0.15) is 0 Å². The zero-order valence-corrected chi connectivity index (χ0v) is 9.53. The van der Waals surface area contributed by atoms with Gasteiger partial charge in [0.25, 0.3) is 0 Å². The van der Waals surface area contributed by atoms with E-state index in [0.29, 0.717) is 17.9 Å². The zero-order valence-electron chi connectivity index (χ0n) is 9.53. The van der Waals surface area contributed by atoms with Crippen molar-refractivity contribution >= 4 is 5.97 Å². The van der Waals surface area contributed by atoms with Crippen LogP contribution in [0.2, 0.25) is 0 Å². The SMILES string of the molecule is CCCCOc1ccc(C(=O)OC)cc1O. The van der Waals surface area contributed by atoms with Crippen molar-refractivity contribution in [1.29, 1.82) is 0 Å². The third kappa shape index (κ3) is 3.15. The third-order valence-electron chi connectivity index (χ3n) is 2.14. The van der Waals surface area contributed by atoms with Crippen LogP contribution in [0.1, 0.15) is 30.1 Å². The van der Waals surface area contributed by atoms with E-state index in [-0.39, 0.29) is 5.75 Å². The summed E-state index contributed by atoms with van der Waals surface area (Å²) in [6.45, 7) is 2.62. The van der Waals surface area contributed by atoms with E-state index in [0.717, 1.165) is 12.8 Å². The lowest BCUT2D eigenvalue weighted by atomic mass is 10.2. The highest BCUT2D eigenvalue weighted by Gasteiger charge is 2.09. The number of hydrogen-bond donors (Lipinski definition) is 1. The first-order valence-corrected chi connectivity index (χ1v) is 5.23. The van der Waals surface area contributed by atoms with Gasteiger partial charge in [-0.15, -0.1) is 0 Å². The van der Waals surface area contributed by atoms with E-state index in [1.165, 1.54) is 13.2 Å². The molecule has 0 amide bonds. The lowest BCUT2D eigenvalue weighted by molar-refractivity contribution is 0.0600. The van der Waals surface area contributed by atoms with Gasteiger partial charge in [0.05, 0.1) is 19.3 Å². The molecule has 1 rings (SSSR count). The van der Waals surface area contributed by atoms with E-state index in [1.807, 2.05) is 0 Å². The molecule has 0 aliphatic carbocycles. The summed E-state index contributed by atoms with van der Waals surface area (Å²) in [5.41, 5.74) is 0.308. The van der Waals surface area contributed by atoms with E-state index >= 15 is 0 Å². The molecular weight excluding hydrogens is 208 g/mol. The summed E-state index contributed by atoms with van der Waals surface area (Å²) >= 11 is 0. The van der Waals surface area contributed by atoms with Crippen LogP contribution in [0.5, 0.6) is 11.5 Å². The second kappa shape index (κ2) is 6.00. The van der Waals surface area contributed by atoms with Gasteiger partial charge < -0.3 is 14.6 Å². The molecule has 0 radical (unpaired) electrons. The van der Waals surface area contributed by atoms with Crippen molar-refractivity contribution in [1.82, 2.24) is 0 Å². The Morgan fingerprint density at radius 2 is 2.19 bits per heavy atom. The second-order valence-electron chi connectivity index (χ2n) is 3.38. The number of unbranched alkanes of at least 4 members (excludes halogenated alkanes) is 1. The molecule has 88 valence electrons. The minimum absolute atomic E-state index is 0.0426. The number of methoxy groups -OCH3 is 1. The molecule has 1 aromatic carbocycles. The summed E-state index contributed by atoms with van der Waals surface area (Å²) in [6, 6.07) is 4.47. The van der Waals surface area contributed by atoms with E-state index < -0.39 is 5.97 Å². The Bertz CT molecular complexity index is 360. The fourth-order valence-corrected chi connectivity index (χ4v) is 1.21. The molecular formula is C12H16O4. The summed E-state index contributed by atoms with van der Waals surface area (Å²) in [6.07, 6.45) is 1.96. The molecule has 0 saturated heterocycles. The van der Waals surface area contributed by atoms with Crippen molar-refractivity contribution in [2.24, 2.45) is 0 Å². The van der Waals surface area contributed by atoms with Crippen molar-refractivity contribution in [3.05, 3.63) is 23.8 Å². The van der Waals surface area contributed by atoms with Gasteiger partial charge in [0, 0.05) is 0 Å². The Morgan fingerprint density at radius 3 is 2.75 bits per heavy atom. The molecule has 4 nitrogen and oxygen atoms in total. The maximum Gasteiger partial charge on any atom is 0.337 e. The Labute approximate surface area is 94.8 Å². The van der Waals surface area contributed by atoms with Crippen LogP contribution >= 0.6 is 0 Å². The predicted molar refractivity (Wildman–Crippen MR) is 59.8 cm³/mol. The number of carbonyl (C=O) groups excluding carboxylic acids is 1. The van der Waals surface area contributed by atoms with Gasteiger partial charge in [0.1, 0.15) is 0 Å². The van der Waals surface area contributed by atoms with Crippen molar-refractivity contribution in [2.75, 3.05) is 13.7 Å². The molecule has 0 unspecified atom stereocenters. The van der Waals surface area contributed by atoms with E-state index in [9.17, 15) is 9.90 Å². The number of benzene rings is 1. The predicted octanol–water partition coefficient (Wildman–Crippen LogP) is 2.36. The minimum atomic E-state index is -0.476. The average Bonchev–Trinajstić information content (AvgIpc) is 2.30. The summed E-state index contributed by atoms with van der Waals surface area (Å²) in [7, 11) is 1.30. The molecule has 0 aliphatic heterocycles. The fourth-order valence-electron chi connectivity index (χ4n) is 1.21. The maximum absolute atomic E-state index is 11.2. The molecule has 0 bridgehead atoms. The molecule has 0 aromatic heterocycles. The molecule has 0 aliphatic rings. The van der Waals surface area contributed by atoms with Gasteiger partial charge in [0.2, 0.25) is 0 Å². The quantitative estimate of drug-likeness (QED) is 0.616. The summed E-state index contributed by atoms with van der Waals surface area (Å²) in [5, 5.41) is 9.60. The van der Waals surface area contributed by atoms with Gasteiger partial charge in [-0.05, 0) is 24.6 Å². The first-order valence-electron chi connectivity index (χ1n) is 5.23. The van der Waals surface area contributed by atoms with Crippen molar-refractivity contribution < 1.29 is 19.4 Å². The molecule has 4 heteroatoms. The molecule has 0 fully saturated rings. The van der Waals surface area contributed by atoms with Crippen LogP contribution in [0.25, 0.3) is 0 Å². The molecule has 1 aromatic rings. The van der Waals surface area contributed by atoms with Crippen LogP contribution < -0.4 is 4.74 Å². The Balaban J connectivity index is 2.71. The van der Waals surface area contributed by atoms with Crippen molar-refractivity contribution in [3.8, 4) is 11.5 Å². The van der Waals surface area contributed by atoms with E-state index in [2.05, 4.69) is 11.7 Å². The highest BCUT2D eigenvalue weighted by atomic mass is 16.5. The van der Waals surface area contributed by atoms with Gasteiger partial charge in [-0.3, -0.25) is 0 Å². The Hall–Kier alpha value is -1.71.